The fourth-order valence-corrected chi connectivity index (χ4v) is 3.16. The third-order valence-corrected chi connectivity index (χ3v) is 4.54. The molecule has 2 atom stereocenters. The first-order valence-corrected chi connectivity index (χ1v) is 7.33. The maximum atomic E-state index is 5.88. The van der Waals surface area contributed by atoms with Gasteiger partial charge in [-0.15, -0.1) is 0 Å². The van der Waals surface area contributed by atoms with E-state index in [1.54, 1.807) is 0 Å². The third kappa shape index (κ3) is 3.67. The number of morpholine rings is 1. The maximum absolute atomic E-state index is 5.88. The molecule has 0 aromatic carbocycles. The van der Waals surface area contributed by atoms with Gasteiger partial charge in [-0.3, -0.25) is 4.90 Å². The van der Waals surface area contributed by atoms with Crippen LogP contribution < -0.4 is 5.32 Å². The van der Waals surface area contributed by atoms with Crippen LogP contribution in [0.15, 0.2) is 0 Å². The normalized spacial score (nSPS) is 30.2. The topological polar surface area (TPSA) is 24.5 Å². The molecule has 0 aromatic heterocycles. The summed E-state index contributed by atoms with van der Waals surface area (Å²) in [5.74, 6) is 0. The molecule has 2 unspecified atom stereocenters. The molecule has 1 aliphatic heterocycles. The van der Waals surface area contributed by atoms with Gasteiger partial charge >= 0.3 is 0 Å². The molecule has 0 aromatic rings. The molecule has 0 spiro atoms. The Balaban J connectivity index is 1.85. The van der Waals surface area contributed by atoms with Gasteiger partial charge in [0.1, 0.15) is 0 Å². The van der Waals surface area contributed by atoms with Crippen molar-refractivity contribution in [3.8, 4) is 0 Å². The SMILES string of the molecule is CC(C1CNCCO1)N(C)C1CCCCCC1. The number of ether oxygens (including phenoxy) is 1. The molecule has 0 radical (unpaired) electrons. The molecule has 2 rings (SSSR count). The van der Waals surface area contributed by atoms with Crippen molar-refractivity contribution in [2.45, 2.75) is 63.6 Å². The van der Waals surface area contributed by atoms with Crippen molar-refractivity contribution in [3.63, 3.8) is 0 Å². The Bertz CT molecular complexity index is 208. The first-order valence-electron chi connectivity index (χ1n) is 7.33. The summed E-state index contributed by atoms with van der Waals surface area (Å²) < 4.78 is 5.88. The fraction of sp³-hybridized carbons (Fsp3) is 1.00. The number of nitrogens with zero attached hydrogens (tertiary/aromatic N) is 1. The Morgan fingerprint density at radius 2 is 1.88 bits per heavy atom. The summed E-state index contributed by atoms with van der Waals surface area (Å²) in [5, 5.41) is 3.43. The van der Waals surface area contributed by atoms with Gasteiger partial charge in [0.25, 0.3) is 0 Å². The zero-order valence-corrected chi connectivity index (χ0v) is 11.5. The second kappa shape index (κ2) is 6.72. The van der Waals surface area contributed by atoms with E-state index in [2.05, 4.69) is 24.2 Å². The second-order valence-electron chi connectivity index (χ2n) is 5.66. The largest absolute Gasteiger partial charge is 0.374 e. The van der Waals surface area contributed by atoms with E-state index in [9.17, 15) is 0 Å². The lowest BCUT2D eigenvalue weighted by molar-refractivity contribution is -0.0310. The van der Waals surface area contributed by atoms with Crippen LogP contribution in [0.5, 0.6) is 0 Å². The van der Waals surface area contributed by atoms with Gasteiger partial charge in [-0.25, -0.2) is 0 Å². The Kier molecular flexibility index (Phi) is 5.26. The summed E-state index contributed by atoms with van der Waals surface area (Å²) in [5.41, 5.74) is 0. The molecule has 17 heavy (non-hydrogen) atoms. The predicted octanol–water partition coefficient (Wildman–Crippen LogP) is 2.02. The first-order chi connectivity index (χ1) is 8.29. The van der Waals surface area contributed by atoms with Crippen LogP contribution in [0.2, 0.25) is 0 Å². The molecular formula is C14H28N2O. The molecular weight excluding hydrogens is 212 g/mol. The summed E-state index contributed by atoms with van der Waals surface area (Å²) in [4.78, 5) is 2.57. The molecule has 3 heteroatoms. The Morgan fingerprint density at radius 1 is 1.18 bits per heavy atom. The first kappa shape index (κ1) is 13.3. The van der Waals surface area contributed by atoms with Gasteiger partial charge in [-0.2, -0.15) is 0 Å². The number of hydrogen-bond acceptors (Lipinski definition) is 3. The van der Waals surface area contributed by atoms with Crippen LogP contribution in [0.1, 0.15) is 45.4 Å². The minimum Gasteiger partial charge on any atom is -0.374 e. The molecule has 0 amide bonds. The zero-order chi connectivity index (χ0) is 12.1. The van der Waals surface area contributed by atoms with Crippen LogP contribution in [0.25, 0.3) is 0 Å². The minimum absolute atomic E-state index is 0.372. The molecule has 100 valence electrons. The van der Waals surface area contributed by atoms with E-state index < -0.39 is 0 Å². The molecule has 1 aliphatic carbocycles. The van der Waals surface area contributed by atoms with E-state index >= 15 is 0 Å². The van der Waals surface area contributed by atoms with E-state index in [0.717, 1.165) is 25.7 Å². The molecule has 0 bridgehead atoms. The summed E-state index contributed by atoms with van der Waals surface area (Å²) in [6.45, 7) is 5.21. The maximum Gasteiger partial charge on any atom is 0.0852 e. The highest BCUT2D eigenvalue weighted by Gasteiger charge is 2.28. The molecule has 1 saturated carbocycles. The van der Waals surface area contributed by atoms with Crippen molar-refractivity contribution < 1.29 is 4.74 Å². The number of likely N-dealkylation sites (N-methyl/N-ethyl adjacent to an activating group) is 1. The van der Waals surface area contributed by atoms with E-state index in [1.807, 2.05) is 0 Å². The van der Waals surface area contributed by atoms with Gasteiger partial charge in [0.05, 0.1) is 12.7 Å². The number of rotatable bonds is 3. The fourth-order valence-electron chi connectivity index (χ4n) is 3.16. The van der Waals surface area contributed by atoms with Gasteiger partial charge in [0, 0.05) is 25.2 Å². The lowest BCUT2D eigenvalue weighted by atomic mass is 10.0. The molecule has 2 aliphatic rings. The van der Waals surface area contributed by atoms with E-state index in [1.165, 1.54) is 38.5 Å². The van der Waals surface area contributed by atoms with Gasteiger partial charge in [0.15, 0.2) is 0 Å². The standard InChI is InChI=1S/C14H28N2O/c1-12(14-11-15-9-10-17-14)16(2)13-7-5-3-4-6-8-13/h12-15H,3-11H2,1-2H3. The predicted molar refractivity (Wildman–Crippen MR) is 71.3 cm³/mol. The van der Waals surface area contributed by atoms with Crippen LogP contribution in [0, 0.1) is 0 Å². The van der Waals surface area contributed by atoms with Crippen LogP contribution in [-0.4, -0.2) is 49.8 Å². The number of hydrogen-bond donors (Lipinski definition) is 1. The summed E-state index contributed by atoms with van der Waals surface area (Å²) in [6.07, 6.45) is 8.80. The minimum atomic E-state index is 0.372. The summed E-state index contributed by atoms with van der Waals surface area (Å²) >= 11 is 0. The van der Waals surface area contributed by atoms with Crippen LogP contribution >= 0.6 is 0 Å². The van der Waals surface area contributed by atoms with Crippen molar-refractivity contribution >= 4 is 0 Å². The number of nitrogens with one attached hydrogen (secondary N) is 1. The highest BCUT2D eigenvalue weighted by Crippen LogP contribution is 2.23. The Morgan fingerprint density at radius 3 is 2.47 bits per heavy atom. The summed E-state index contributed by atoms with van der Waals surface area (Å²) in [7, 11) is 2.29. The Labute approximate surface area is 106 Å². The average molecular weight is 240 g/mol. The molecule has 3 nitrogen and oxygen atoms in total. The quantitative estimate of drug-likeness (QED) is 0.764. The van der Waals surface area contributed by atoms with E-state index in [-0.39, 0.29) is 0 Å². The van der Waals surface area contributed by atoms with Crippen molar-refractivity contribution in [1.82, 2.24) is 10.2 Å². The van der Waals surface area contributed by atoms with Crippen molar-refractivity contribution in [3.05, 3.63) is 0 Å². The highest BCUT2D eigenvalue weighted by molar-refractivity contribution is 4.83. The van der Waals surface area contributed by atoms with Crippen molar-refractivity contribution in [2.75, 3.05) is 26.7 Å². The van der Waals surface area contributed by atoms with Gasteiger partial charge in [-0.1, -0.05) is 25.7 Å². The monoisotopic (exact) mass is 240 g/mol. The van der Waals surface area contributed by atoms with Crippen molar-refractivity contribution in [1.29, 1.82) is 0 Å². The Hall–Kier alpha value is -0.120. The van der Waals surface area contributed by atoms with Crippen LogP contribution in [-0.2, 0) is 4.74 Å². The molecule has 2 fully saturated rings. The van der Waals surface area contributed by atoms with Gasteiger partial charge in [-0.05, 0) is 26.8 Å². The summed E-state index contributed by atoms with van der Waals surface area (Å²) in [6, 6.07) is 1.31. The van der Waals surface area contributed by atoms with E-state index in [0.29, 0.717) is 12.1 Å². The van der Waals surface area contributed by atoms with Crippen LogP contribution in [0.4, 0.5) is 0 Å². The van der Waals surface area contributed by atoms with Crippen molar-refractivity contribution in [2.24, 2.45) is 0 Å². The van der Waals surface area contributed by atoms with Crippen LogP contribution in [0.3, 0.4) is 0 Å². The lowest BCUT2D eigenvalue weighted by Gasteiger charge is -2.38. The molecule has 1 saturated heterocycles. The van der Waals surface area contributed by atoms with E-state index in [4.69, 9.17) is 4.74 Å². The van der Waals surface area contributed by atoms with Gasteiger partial charge in [0.2, 0.25) is 0 Å². The smallest absolute Gasteiger partial charge is 0.0852 e. The average Bonchev–Trinajstić information content (AvgIpc) is 2.67. The second-order valence-corrected chi connectivity index (χ2v) is 5.66. The highest BCUT2D eigenvalue weighted by atomic mass is 16.5. The molecule has 1 N–H and O–H groups in total. The third-order valence-electron chi connectivity index (χ3n) is 4.54. The molecule has 1 heterocycles. The van der Waals surface area contributed by atoms with Gasteiger partial charge < -0.3 is 10.1 Å². The zero-order valence-electron chi connectivity index (χ0n) is 11.5. The lowest BCUT2D eigenvalue weighted by Crippen LogP contribution is -2.52.